The van der Waals surface area contributed by atoms with E-state index >= 15 is 0 Å². The molecule has 0 aromatic heterocycles. The van der Waals surface area contributed by atoms with Crippen LogP contribution < -0.4 is 10.6 Å². The summed E-state index contributed by atoms with van der Waals surface area (Å²) in [5.41, 5.74) is 3.39. The summed E-state index contributed by atoms with van der Waals surface area (Å²) in [5, 5.41) is 5.68. The van der Waals surface area contributed by atoms with Crippen molar-refractivity contribution in [3.8, 4) is 0 Å². The second kappa shape index (κ2) is 7.95. The molecule has 130 valence electrons. The highest BCUT2D eigenvalue weighted by atomic mass is 16.2. The molecular weight excluding hydrogens is 306 g/mol. The number of amides is 4. The van der Waals surface area contributed by atoms with Gasteiger partial charge in [-0.05, 0) is 38.3 Å². The van der Waals surface area contributed by atoms with Gasteiger partial charge in [-0.15, -0.1) is 0 Å². The number of nitrogens with one attached hydrogen (secondary N) is 2. The number of aryl methyl sites for hydroxylation is 2. The highest BCUT2D eigenvalue weighted by Gasteiger charge is 2.27. The van der Waals surface area contributed by atoms with Crippen LogP contribution in [0.1, 0.15) is 48.9 Å². The lowest BCUT2D eigenvalue weighted by Crippen LogP contribution is -2.39. The first kappa shape index (κ1) is 18.0. The Hall–Kier alpha value is -2.37. The van der Waals surface area contributed by atoms with Gasteiger partial charge in [-0.25, -0.2) is 4.79 Å². The van der Waals surface area contributed by atoms with Crippen molar-refractivity contribution in [2.75, 3.05) is 13.1 Å². The Labute approximate surface area is 142 Å². The summed E-state index contributed by atoms with van der Waals surface area (Å²) >= 11 is 0. The van der Waals surface area contributed by atoms with Gasteiger partial charge in [0.05, 0.1) is 6.04 Å². The van der Waals surface area contributed by atoms with E-state index in [-0.39, 0.29) is 23.9 Å². The second-order valence-electron chi connectivity index (χ2n) is 6.27. The Bertz CT molecular complexity index is 626. The fourth-order valence-electron chi connectivity index (χ4n) is 2.86. The summed E-state index contributed by atoms with van der Waals surface area (Å²) < 4.78 is 0. The van der Waals surface area contributed by atoms with Crippen molar-refractivity contribution in [1.82, 2.24) is 15.5 Å². The lowest BCUT2D eigenvalue weighted by atomic mass is 10.0. The number of nitrogens with zero attached hydrogens (tertiary/aromatic N) is 1. The van der Waals surface area contributed by atoms with Crippen molar-refractivity contribution in [1.29, 1.82) is 0 Å². The number of hydrogen-bond donors (Lipinski definition) is 2. The molecule has 1 saturated heterocycles. The maximum Gasteiger partial charge on any atom is 0.315 e. The molecule has 0 aliphatic carbocycles. The molecule has 2 rings (SSSR count). The average molecular weight is 331 g/mol. The molecule has 1 heterocycles. The van der Waals surface area contributed by atoms with E-state index in [1.807, 2.05) is 32.9 Å². The molecule has 2 N–H and O–H groups in total. The number of carbonyl (C=O) groups is 3. The quantitative estimate of drug-likeness (QED) is 0.619. The van der Waals surface area contributed by atoms with Gasteiger partial charge in [-0.1, -0.05) is 23.8 Å². The molecule has 1 aliphatic heterocycles. The second-order valence-corrected chi connectivity index (χ2v) is 6.27. The number of carbonyl (C=O) groups excluding carboxylic acids is 3. The highest BCUT2D eigenvalue weighted by Crippen LogP contribution is 2.18. The first-order valence-electron chi connectivity index (χ1n) is 8.33. The van der Waals surface area contributed by atoms with Crippen molar-refractivity contribution in [2.24, 2.45) is 0 Å². The molecule has 1 aliphatic rings. The van der Waals surface area contributed by atoms with E-state index in [1.54, 1.807) is 0 Å². The Kier molecular flexibility index (Phi) is 5.95. The monoisotopic (exact) mass is 331 g/mol. The van der Waals surface area contributed by atoms with Gasteiger partial charge >= 0.3 is 6.03 Å². The van der Waals surface area contributed by atoms with Crippen molar-refractivity contribution in [3.63, 3.8) is 0 Å². The van der Waals surface area contributed by atoms with Gasteiger partial charge in [0.25, 0.3) is 0 Å². The largest absolute Gasteiger partial charge is 0.338 e. The molecule has 1 atom stereocenters. The van der Waals surface area contributed by atoms with Crippen LogP contribution in [0.2, 0.25) is 0 Å². The lowest BCUT2D eigenvalue weighted by Gasteiger charge is -2.18. The maximum absolute atomic E-state index is 12.0. The molecule has 0 radical (unpaired) electrons. The van der Waals surface area contributed by atoms with Crippen molar-refractivity contribution >= 4 is 17.8 Å². The third kappa shape index (κ3) is 4.57. The van der Waals surface area contributed by atoms with Crippen molar-refractivity contribution in [2.45, 2.75) is 46.1 Å². The fraction of sp³-hybridized carbons (Fsp3) is 0.500. The summed E-state index contributed by atoms with van der Waals surface area (Å²) in [7, 11) is 0. The number of benzene rings is 1. The van der Waals surface area contributed by atoms with E-state index in [9.17, 15) is 14.4 Å². The first-order chi connectivity index (χ1) is 11.4. The number of hydrogen-bond acceptors (Lipinski definition) is 3. The van der Waals surface area contributed by atoms with Crippen LogP contribution in [0, 0.1) is 13.8 Å². The zero-order valence-corrected chi connectivity index (χ0v) is 14.5. The highest BCUT2D eigenvalue weighted by molar-refractivity contribution is 6.01. The molecule has 0 spiro atoms. The molecule has 6 nitrogen and oxygen atoms in total. The van der Waals surface area contributed by atoms with Crippen molar-refractivity contribution in [3.05, 3.63) is 34.9 Å². The van der Waals surface area contributed by atoms with Gasteiger partial charge in [-0.2, -0.15) is 0 Å². The minimum atomic E-state index is -0.248. The molecule has 6 heteroatoms. The maximum atomic E-state index is 12.0. The number of urea groups is 1. The van der Waals surface area contributed by atoms with Gasteiger partial charge < -0.3 is 10.6 Å². The predicted octanol–water partition coefficient (Wildman–Crippen LogP) is 2.20. The van der Waals surface area contributed by atoms with Gasteiger partial charge in [0, 0.05) is 25.9 Å². The molecule has 1 aromatic rings. The zero-order valence-electron chi connectivity index (χ0n) is 14.5. The molecular formula is C18H25N3O3. The van der Waals surface area contributed by atoms with Crippen LogP contribution in [-0.4, -0.2) is 35.8 Å². The number of likely N-dealkylation sites (tertiary alicyclic amines) is 1. The van der Waals surface area contributed by atoms with Gasteiger partial charge in [-0.3, -0.25) is 14.5 Å². The predicted molar refractivity (Wildman–Crippen MR) is 91.4 cm³/mol. The minimum absolute atomic E-state index is 0.0911. The summed E-state index contributed by atoms with van der Waals surface area (Å²) in [6, 6.07) is 5.83. The van der Waals surface area contributed by atoms with Gasteiger partial charge in [0.15, 0.2) is 0 Å². The van der Waals surface area contributed by atoms with Crippen LogP contribution in [0.4, 0.5) is 4.79 Å². The molecule has 4 amide bonds. The molecule has 0 bridgehead atoms. The van der Waals surface area contributed by atoms with E-state index in [2.05, 4.69) is 16.7 Å². The first-order valence-corrected chi connectivity index (χ1v) is 8.33. The Balaban J connectivity index is 1.74. The normalized spacial score (nSPS) is 15.5. The van der Waals surface area contributed by atoms with E-state index in [4.69, 9.17) is 0 Å². The SMILES string of the molecule is Cc1ccc(C)c(C(C)NC(=O)NCCCN2C(=O)CCC2=O)c1. The molecule has 0 saturated carbocycles. The summed E-state index contributed by atoms with van der Waals surface area (Å²) in [5.74, 6) is -0.235. The van der Waals surface area contributed by atoms with Crippen LogP contribution in [0.25, 0.3) is 0 Å². The van der Waals surface area contributed by atoms with Gasteiger partial charge in [0.1, 0.15) is 0 Å². The van der Waals surface area contributed by atoms with E-state index < -0.39 is 0 Å². The third-order valence-electron chi connectivity index (χ3n) is 4.25. The van der Waals surface area contributed by atoms with Gasteiger partial charge in [0.2, 0.25) is 11.8 Å². The van der Waals surface area contributed by atoms with E-state index in [0.29, 0.717) is 32.4 Å². The van der Waals surface area contributed by atoms with Crippen LogP contribution in [0.15, 0.2) is 18.2 Å². The average Bonchev–Trinajstić information content (AvgIpc) is 2.85. The summed E-state index contributed by atoms with van der Waals surface area (Å²) in [6.07, 6.45) is 1.17. The minimum Gasteiger partial charge on any atom is -0.338 e. The number of rotatable bonds is 6. The standard InChI is InChI=1S/C18H25N3O3/c1-12-5-6-13(2)15(11-12)14(3)20-18(24)19-9-4-10-21-16(22)7-8-17(21)23/h5-6,11,14H,4,7-10H2,1-3H3,(H2,19,20,24). The van der Waals surface area contributed by atoms with Crippen LogP contribution in [0.5, 0.6) is 0 Å². The Morgan fingerprint density at radius 3 is 2.54 bits per heavy atom. The summed E-state index contributed by atoms with van der Waals surface area (Å²) in [4.78, 5) is 36.2. The molecule has 1 fully saturated rings. The van der Waals surface area contributed by atoms with Crippen LogP contribution in [0.3, 0.4) is 0 Å². The Morgan fingerprint density at radius 1 is 1.21 bits per heavy atom. The smallest absolute Gasteiger partial charge is 0.315 e. The zero-order chi connectivity index (χ0) is 17.7. The van der Waals surface area contributed by atoms with Crippen LogP contribution >= 0.6 is 0 Å². The number of imide groups is 1. The third-order valence-corrected chi connectivity index (χ3v) is 4.25. The molecule has 24 heavy (non-hydrogen) atoms. The molecule has 1 aromatic carbocycles. The summed E-state index contributed by atoms with van der Waals surface area (Å²) in [6.45, 7) is 6.78. The van der Waals surface area contributed by atoms with Crippen LogP contribution in [-0.2, 0) is 9.59 Å². The van der Waals surface area contributed by atoms with E-state index in [0.717, 1.165) is 16.7 Å². The topological polar surface area (TPSA) is 78.5 Å². The fourth-order valence-corrected chi connectivity index (χ4v) is 2.86. The molecule has 1 unspecified atom stereocenters. The Morgan fingerprint density at radius 2 is 1.88 bits per heavy atom. The lowest BCUT2D eigenvalue weighted by molar-refractivity contribution is -0.138. The van der Waals surface area contributed by atoms with Crippen molar-refractivity contribution < 1.29 is 14.4 Å². The van der Waals surface area contributed by atoms with E-state index in [1.165, 1.54) is 4.90 Å².